The Bertz CT molecular complexity index is 552. The van der Waals surface area contributed by atoms with Crippen LogP contribution in [-0.4, -0.2) is 55.9 Å². The van der Waals surface area contributed by atoms with Crippen LogP contribution in [0.25, 0.3) is 0 Å². The molecule has 134 valence electrons. The quantitative estimate of drug-likeness (QED) is 0.854. The van der Waals surface area contributed by atoms with Gasteiger partial charge in [0.2, 0.25) is 5.91 Å². The van der Waals surface area contributed by atoms with Crippen LogP contribution in [-0.2, 0) is 20.8 Å². The number of likely N-dealkylation sites (tertiary alicyclic amines) is 1. The van der Waals surface area contributed by atoms with E-state index in [1.807, 2.05) is 11.3 Å². The summed E-state index contributed by atoms with van der Waals surface area (Å²) < 4.78 is 11.2. The maximum absolute atomic E-state index is 11.5. The molecule has 3 heterocycles. The van der Waals surface area contributed by atoms with Crippen molar-refractivity contribution in [3.63, 3.8) is 0 Å². The lowest BCUT2D eigenvalue weighted by Gasteiger charge is -2.39. The molecule has 1 aromatic heterocycles. The predicted molar refractivity (Wildman–Crippen MR) is 95.3 cm³/mol. The molecule has 3 rings (SSSR count). The molecule has 1 N–H and O–H groups in total. The van der Waals surface area contributed by atoms with Crippen LogP contribution in [0.1, 0.15) is 36.1 Å². The molecule has 0 unspecified atom stereocenters. The monoisotopic (exact) mass is 352 g/mol. The van der Waals surface area contributed by atoms with Crippen LogP contribution in [0.2, 0.25) is 0 Å². The number of aryl methyl sites for hydroxylation is 1. The third kappa shape index (κ3) is 4.36. The molecule has 0 aromatic carbocycles. The van der Waals surface area contributed by atoms with Gasteiger partial charge in [0, 0.05) is 38.2 Å². The number of carbonyl (C=O) groups excluding carboxylic acids is 1. The van der Waals surface area contributed by atoms with Gasteiger partial charge in [-0.05, 0) is 49.6 Å². The number of methoxy groups -OCH3 is 1. The van der Waals surface area contributed by atoms with Crippen molar-refractivity contribution in [1.82, 2.24) is 10.2 Å². The first-order valence-electron chi connectivity index (χ1n) is 8.79. The van der Waals surface area contributed by atoms with Gasteiger partial charge in [0.1, 0.15) is 6.61 Å². The van der Waals surface area contributed by atoms with E-state index in [-0.39, 0.29) is 24.2 Å². The van der Waals surface area contributed by atoms with Crippen molar-refractivity contribution in [1.29, 1.82) is 0 Å². The van der Waals surface area contributed by atoms with Gasteiger partial charge in [0.05, 0.1) is 11.7 Å². The molecule has 1 aromatic rings. The molecule has 1 atom stereocenters. The molecule has 2 fully saturated rings. The standard InChI is InChI=1S/C18H28N2O3S/c1-14-4-10-24-16(14)12-20-8-6-18(7-9-20)5-3-15(23-18)11-19-17(21)13-22-2/h4,10,15H,3,5-9,11-13H2,1-2H3,(H,19,21)/t15-/m1/s1. The molecule has 0 aliphatic carbocycles. The number of thiophene rings is 1. The Morgan fingerprint density at radius 3 is 2.92 bits per heavy atom. The second-order valence-electron chi connectivity index (χ2n) is 7.00. The molecule has 2 aliphatic heterocycles. The first-order valence-corrected chi connectivity index (χ1v) is 9.67. The minimum absolute atomic E-state index is 0.0393. The smallest absolute Gasteiger partial charge is 0.246 e. The minimum Gasteiger partial charge on any atom is -0.375 e. The number of piperidine rings is 1. The Kier molecular flexibility index (Phi) is 5.92. The predicted octanol–water partition coefficient (Wildman–Crippen LogP) is 2.33. The van der Waals surface area contributed by atoms with Crippen molar-refractivity contribution in [2.45, 2.75) is 50.9 Å². The molecular weight excluding hydrogens is 324 g/mol. The summed E-state index contributed by atoms with van der Waals surface area (Å²) in [6, 6.07) is 2.20. The Morgan fingerprint density at radius 1 is 1.46 bits per heavy atom. The van der Waals surface area contributed by atoms with Crippen LogP contribution in [0.3, 0.4) is 0 Å². The van der Waals surface area contributed by atoms with E-state index in [1.165, 1.54) is 17.6 Å². The van der Waals surface area contributed by atoms with Gasteiger partial charge >= 0.3 is 0 Å². The number of carbonyl (C=O) groups is 1. The Labute approximate surface area is 148 Å². The molecule has 5 nitrogen and oxygen atoms in total. The van der Waals surface area contributed by atoms with Crippen molar-refractivity contribution >= 4 is 17.2 Å². The molecule has 2 aliphatic rings. The van der Waals surface area contributed by atoms with E-state index in [1.54, 1.807) is 0 Å². The Hall–Kier alpha value is -0.950. The van der Waals surface area contributed by atoms with Crippen molar-refractivity contribution in [3.05, 3.63) is 21.9 Å². The van der Waals surface area contributed by atoms with Gasteiger partial charge in [-0.15, -0.1) is 11.3 Å². The highest BCUT2D eigenvalue weighted by atomic mass is 32.1. The summed E-state index contributed by atoms with van der Waals surface area (Å²) in [5, 5.41) is 5.07. The number of rotatable bonds is 6. The Balaban J connectivity index is 1.43. The lowest BCUT2D eigenvalue weighted by Crippen LogP contribution is -2.45. The zero-order valence-electron chi connectivity index (χ0n) is 14.7. The van der Waals surface area contributed by atoms with Crippen molar-refractivity contribution in [2.75, 3.05) is 33.4 Å². The first kappa shape index (κ1) is 17.9. The highest BCUT2D eigenvalue weighted by Gasteiger charge is 2.42. The van der Waals surface area contributed by atoms with Crippen molar-refractivity contribution in [2.24, 2.45) is 0 Å². The lowest BCUT2D eigenvalue weighted by molar-refractivity contribution is -0.126. The maximum atomic E-state index is 11.5. The molecule has 1 spiro atoms. The van der Waals surface area contributed by atoms with Crippen LogP contribution in [0.4, 0.5) is 0 Å². The number of nitrogens with zero attached hydrogens (tertiary/aromatic N) is 1. The van der Waals surface area contributed by atoms with E-state index in [4.69, 9.17) is 9.47 Å². The molecule has 0 radical (unpaired) electrons. The summed E-state index contributed by atoms with van der Waals surface area (Å²) in [5.41, 5.74) is 1.45. The van der Waals surface area contributed by atoms with Gasteiger partial charge < -0.3 is 14.8 Å². The largest absolute Gasteiger partial charge is 0.375 e. The van der Waals surface area contributed by atoms with Gasteiger partial charge in [0.25, 0.3) is 0 Å². The summed E-state index contributed by atoms with van der Waals surface area (Å²) in [4.78, 5) is 15.5. The number of amides is 1. The van der Waals surface area contributed by atoms with E-state index in [2.05, 4.69) is 28.6 Å². The van der Waals surface area contributed by atoms with Crippen molar-refractivity contribution < 1.29 is 14.3 Å². The topological polar surface area (TPSA) is 50.8 Å². The molecular formula is C18H28N2O3S. The lowest BCUT2D eigenvalue weighted by atomic mass is 9.88. The van der Waals surface area contributed by atoms with E-state index in [0.29, 0.717) is 6.54 Å². The highest BCUT2D eigenvalue weighted by molar-refractivity contribution is 7.10. The van der Waals surface area contributed by atoms with Crippen molar-refractivity contribution in [3.8, 4) is 0 Å². The van der Waals surface area contributed by atoms with E-state index in [9.17, 15) is 4.79 Å². The SMILES string of the molecule is COCC(=O)NC[C@H]1CCC2(CCN(Cc3sccc3C)CC2)O1. The molecule has 0 saturated carbocycles. The summed E-state index contributed by atoms with van der Waals surface area (Å²) in [7, 11) is 1.53. The molecule has 24 heavy (non-hydrogen) atoms. The zero-order valence-corrected chi connectivity index (χ0v) is 15.5. The van der Waals surface area contributed by atoms with Crippen LogP contribution in [0, 0.1) is 6.92 Å². The summed E-state index contributed by atoms with van der Waals surface area (Å²) >= 11 is 1.86. The number of nitrogens with one attached hydrogen (secondary N) is 1. The fourth-order valence-electron chi connectivity index (χ4n) is 3.70. The molecule has 2 saturated heterocycles. The first-order chi connectivity index (χ1) is 11.6. The van der Waals surface area contributed by atoms with Gasteiger partial charge in [-0.3, -0.25) is 9.69 Å². The van der Waals surface area contributed by atoms with Gasteiger partial charge in [0.15, 0.2) is 0 Å². The average molecular weight is 353 g/mol. The zero-order chi connectivity index (χ0) is 17.0. The third-order valence-electron chi connectivity index (χ3n) is 5.24. The summed E-state index contributed by atoms with van der Waals surface area (Å²) in [6.07, 6.45) is 4.50. The fourth-order valence-corrected chi connectivity index (χ4v) is 4.65. The van der Waals surface area contributed by atoms with E-state index in [0.717, 1.165) is 45.3 Å². The van der Waals surface area contributed by atoms with Gasteiger partial charge in [-0.2, -0.15) is 0 Å². The molecule has 1 amide bonds. The second kappa shape index (κ2) is 7.95. The molecule has 6 heteroatoms. The van der Waals surface area contributed by atoms with Crippen LogP contribution in [0.15, 0.2) is 11.4 Å². The van der Waals surface area contributed by atoms with Crippen LogP contribution >= 0.6 is 11.3 Å². The second-order valence-corrected chi connectivity index (χ2v) is 8.00. The summed E-state index contributed by atoms with van der Waals surface area (Å²) in [6.45, 7) is 6.17. The third-order valence-corrected chi connectivity index (χ3v) is 6.25. The maximum Gasteiger partial charge on any atom is 0.246 e. The van der Waals surface area contributed by atoms with Gasteiger partial charge in [-0.1, -0.05) is 0 Å². The minimum atomic E-state index is -0.0665. The van der Waals surface area contributed by atoms with Crippen LogP contribution in [0.5, 0.6) is 0 Å². The fraction of sp³-hybridized carbons (Fsp3) is 0.722. The van der Waals surface area contributed by atoms with Gasteiger partial charge in [-0.25, -0.2) is 0 Å². The average Bonchev–Trinajstić information content (AvgIpc) is 3.15. The normalized spacial score (nSPS) is 23.7. The van der Waals surface area contributed by atoms with E-state index < -0.39 is 0 Å². The number of ether oxygens (including phenoxy) is 2. The number of hydrogen-bond acceptors (Lipinski definition) is 5. The van der Waals surface area contributed by atoms with E-state index >= 15 is 0 Å². The Morgan fingerprint density at radius 2 is 2.25 bits per heavy atom. The van der Waals surface area contributed by atoms with Crippen LogP contribution < -0.4 is 5.32 Å². The summed E-state index contributed by atoms with van der Waals surface area (Å²) in [5.74, 6) is -0.0665. The highest BCUT2D eigenvalue weighted by Crippen LogP contribution is 2.39. The molecule has 0 bridgehead atoms. The number of hydrogen-bond donors (Lipinski definition) is 1.